The van der Waals surface area contributed by atoms with Gasteiger partial charge in [-0.15, -0.1) is 0 Å². The van der Waals surface area contributed by atoms with Crippen molar-refractivity contribution in [2.75, 3.05) is 7.05 Å². The van der Waals surface area contributed by atoms with E-state index < -0.39 is 0 Å². The smallest absolute Gasteiger partial charge is 0.272 e. The van der Waals surface area contributed by atoms with Crippen molar-refractivity contribution >= 4 is 32.7 Å². The molecule has 0 aliphatic heterocycles. The van der Waals surface area contributed by atoms with Gasteiger partial charge in [0.25, 0.3) is 5.91 Å². The van der Waals surface area contributed by atoms with E-state index in [0.29, 0.717) is 12.2 Å². The van der Waals surface area contributed by atoms with Crippen LogP contribution in [0.5, 0.6) is 0 Å². The molecule has 0 fully saturated rings. The zero-order valence-electron chi connectivity index (χ0n) is 12.2. The number of benzene rings is 2. The van der Waals surface area contributed by atoms with Crippen molar-refractivity contribution in [3.05, 3.63) is 76.4 Å². The van der Waals surface area contributed by atoms with Crippen molar-refractivity contribution < 1.29 is 4.79 Å². The molecule has 3 nitrogen and oxygen atoms in total. The number of carbonyl (C=O) groups excluding carboxylic acids is 1. The fraction of sp³-hybridized carbons (Fsp3) is 0.111. The van der Waals surface area contributed by atoms with E-state index in [-0.39, 0.29) is 5.91 Å². The summed E-state index contributed by atoms with van der Waals surface area (Å²) in [6, 6.07) is 19.4. The number of pyridine rings is 1. The molecule has 2 aromatic carbocycles. The first kappa shape index (κ1) is 14.7. The van der Waals surface area contributed by atoms with Crippen molar-refractivity contribution in [1.82, 2.24) is 9.88 Å². The number of aromatic nitrogens is 1. The third kappa shape index (κ3) is 3.02. The van der Waals surface area contributed by atoms with E-state index in [2.05, 4.69) is 20.9 Å². The second-order valence-corrected chi connectivity index (χ2v) is 6.00. The molecule has 0 saturated carbocycles. The lowest BCUT2D eigenvalue weighted by atomic mass is 10.2. The molecule has 0 aliphatic rings. The lowest BCUT2D eigenvalue weighted by molar-refractivity contribution is 0.0779. The number of rotatable bonds is 3. The Morgan fingerprint density at radius 3 is 2.59 bits per heavy atom. The largest absolute Gasteiger partial charge is 0.336 e. The van der Waals surface area contributed by atoms with Gasteiger partial charge in [-0.1, -0.05) is 58.4 Å². The number of hydrogen-bond acceptors (Lipinski definition) is 2. The van der Waals surface area contributed by atoms with Crippen LogP contribution in [-0.2, 0) is 6.54 Å². The predicted molar refractivity (Wildman–Crippen MR) is 91.7 cm³/mol. The molecule has 110 valence electrons. The van der Waals surface area contributed by atoms with Crippen LogP contribution < -0.4 is 0 Å². The summed E-state index contributed by atoms with van der Waals surface area (Å²) in [5.74, 6) is -0.0819. The Balaban J connectivity index is 1.84. The Labute approximate surface area is 137 Å². The topological polar surface area (TPSA) is 33.2 Å². The van der Waals surface area contributed by atoms with E-state index in [0.717, 1.165) is 20.9 Å². The number of fused-ring (bicyclic) bond motifs is 1. The minimum Gasteiger partial charge on any atom is -0.336 e. The van der Waals surface area contributed by atoms with Crippen LogP contribution in [0.15, 0.2) is 65.1 Å². The molecule has 22 heavy (non-hydrogen) atoms. The average molecular weight is 355 g/mol. The molecule has 0 bridgehead atoms. The van der Waals surface area contributed by atoms with E-state index in [9.17, 15) is 4.79 Å². The fourth-order valence-corrected chi connectivity index (χ4v) is 2.74. The van der Waals surface area contributed by atoms with Crippen molar-refractivity contribution in [2.45, 2.75) is 6.54 Å². The number of halogens is 1. The molecule has 0 atom stereocenters. The summed E-state index contributed by atoms with van der Waals surface area (Å²) in [5, 5.41) is 1.03. The maximum absolute atomic E-state index is 12.6. The number of hydrogen-bond donors (Lipinski definition) is 0. The summed E-state index contributed by atoms with van der Waals surface area (Å²) in [5.41, 5.74) is 2.37. The zero-order chi connectivity index (χ0) is 15.5. The molecule has 0 aliphatic carbocycles. The first-order valence-electron chi connectivity index (χ1n) is 7.00. The summed E-state index contributed by atoms with van der Waals surface area (Å²) in [7, 11) is 1.79. The van der Waals surface area contributed by atoms with Crippen LogP contribution in [0, 0.1) is 0 Å². The van der Waals surface area contributed by atoms with Gasteiger partial charge in [0, 0.05) is 23.5 Å². The van der Waals surface area contributed by atoms with Gasteiger partial charge in [-0.25, -0.2) is 4.98 Å². The summed E-state index contributed by atoms with van der Waals surface area (Å²) in [4.78, 5) is 18.7. The molecular weight excluding hydrogens is 340 g/mol. The van der Waals surface area contributed by atoms with Crippen LogP contribution in [0.25, 0.3) is 10.9 Å². The Kier molecular flexibility index (Phi) is 4.20. The Morgan fingerprint density at radius 1 is 1.05 bits per heavy atom. The molecule has 0 radical (unpaired) electrons. The summed E-state index contributed by atoms with van der Waals surface area (Å²) in [6.07, 6.45) is 0. The van der Waals surface area contributed by atoms with Crippen LogP contribution in [0.1, 0.15) is 16.1 Å². The summed E-state index contributed by atoms with van der Waals surface area (Å²) in [6.45, 7) is 0.536. The van der Waals surface area contributed by atoms with Gasteiger partial charge in [0.05, 0.1) is 5.52 Å². The SMILES string of the molecule is CN(Cc1ccccc1Br)C(=O)c1ccc2ccccc2n1. The first-order valence-corrected chi connectivity index (χ1v) is 7.79. The van der Waals surface area contributed by atoms with E-state index in [1.165, 1.54) is 0 Å². The van der Waals surface area contributed by atoms with Crippen molar-refractivity contribution in [1.29, 1.82) is 0 Å². The molecule has 4 heteroatoms. The molecular formula is C18H15BrN2O. The molecule has 0 saturated heterocycles. The Hall–Kier alpha value is -2.20. The van der Waals surface area contributed by atoms with Crippen LogP contribution in [0.3, 0.4) is 0 Å². The third-order valence-electron chi connectivity index (χ3n) is 3.53. The molecule has 0 N–H and O–H groups in total. The minimum absolute atomic E-state index is 0.0819. The van der Waals surface area contributed by atoms with E-state index in [1.807, 2.05) is 54.6 Å². The normalized spacial score (nSPS) is 10.6. The maximum Gasteiger partial charge on any atom is 0.272 e. The minimum atomic E-state index is -0.0819. The second-order valence-electron chi connectivity index (χ2n) is 5.14. The third-order valence-corrected chi connectivity index (χ3v) is 4.30. The first-order chi connectivity index (χ1) is 10.6. The summed E-state index contributed by atoms with van der Waals surface area (Å²) < 4.78 is 1.00. The average Bonchev–Trinajstić information content (AvgIpc) is 2.55. The van der Waals surface area contributed by atoms with Crippen LogP contribution in [0.2, 0.25) is 0 Å². The molecule has 1 aromatic heterocycles. The zero-order valence-corrected chi connectivity index (χ0v) is 13.7. The number of carbonyl (C=O) groups is 1. The molecule has 3 rings (SSSR count). The molecule has 3 aromatic rings. The molecule has 1 heterocycles. The van der Waals surface area contributed by atoms with Crippen molar-refractivity contribution in [2.24, 2.45) is 0 Å². The second kappa shape index (κ2) is 6.28. The highest BCUT2D eigenvalue weighted by Gasteiger charge is 2.14. The lowest BCUT2D eigenvalue weighted by Gasteiger charge is -2.18. The lowest BCUT2D eigenvalue weighted by Crippen LogP contribution is -2.27. The monoisotopic (exact) mass is 354 g/mol. The molecule has 0 unspecified atom stereocenters. The molecule has 0 spiro atoms. The van der Waals surface area contributed by atoms with Crippen LogP contribution in [0.4, 0.5) is 0 Å². The highest BCUT2D eigenvalue weighted by Crippen LogP contribution is 2.18. The fourth-order valence-electron chi connectivity index (χ4n) is 2.33. The highest BCUT2D eigenvalue weighted by molar-refractivity contribution is 9.10. The Bertz CT molecular complexity index is 832. The number of nitrogens with zero attached hydrogens (tertiary/aromatic N) is 2. The quantitative estimate of drug-likeness (QED) is 0.703. The number of amides is 1. The van der Waals surface area contributed by atoms with E-state index in [1.54, 1.807) is 18.0 Å². The van der Waals surface area contributed by atoms with Gasteiger partial charge >= 0.3 is 0 Å². The standard InChI is InChI=1S/C18H15BrN2O/c1-21(12-14-7-2-4-8-15(14)19)18(22)17-11-10-13-6-3-5-9-16(13)20-17/h2-11H,12H2,1H3. The van der Waals surface area contributed by atoms with Gasteiger partial charge < -0.3 is 4.90 Å². The number of para-hydroxylation sites is 1. The van der Waals surface area contributed by atoms with E-state index in [4.69, 9.17) is 0 Å². The van der Waals surface area contributed by atoms with Gasteiger partial charge in [0.15, 0.2) is 0 Å². The van der Waals surface area contributed by atoms with Crippen molar-refractivity contribution in [3.8, 4) is 0 Å². The van der Waals surface area contributed by atoms with Crippen LogP contribution in [-0.4, -0.2) is 22.8 Å². The van der Waals surface area contributed by atoms with Gasteiger partial charge in [-0.05, 0) is 23.8 Å². The highest BCUT2D eigenvalue weighted by atomic mass is 79.9. The van der Waals surface area contributed by atoms with Crippen molar-refractivity contribution in [3.63, 3.8) is 0 Å². The van der Waals surface area contributed by atoms with Gasteiger partial charge in [-0.2, -0.15) is 0 Å². The molecule has 1 amide bonds. The van der Waals surface area contributed by atoms with Gasteiger partial charge in [0.2, 0.25) is 0 Å². The van der Waals surface area contributed by atoms with E-state index >= 15 is 0 Å². The maximum atomic E-state index is 12.6. The predicted octanol–water partition coefficient (Wildman–Crippen LogP) is 4.27. The van der Waals surface area contributed by atoms with Gasteiger partial charge in [-0.3, -0.25) is 4.79 Å². The van der Waals surface area contributed by atoms with Gasteiger partial charge in [0.1, 0.15) is 5.69 Å². The summed E-state index contributed by atoms with van der Waals surface area (Å²) >= 11 is 3.51. The Morgan fingerprint density at radius 2 is 1.77 bits per heavy atom. The van der Waals surface area contributed by atoms with Crippen LogP contribution >= 0.6 is 15.9 Å².